The summed E-state index contributed by atoms with van der Waals surface area (Å²) in [5.41, 5.74) is 18.9. The summed E-state index contributed by atoms with van der Waals surface area (Å²) >= 11 is 34.0. The number of fused-ring (bicyclic) bond motifs is 2. The molecule has 0 spiro atoms. The minimum Gasteiger partial charge on any atom is -0.465 e. The van der Waals surface area contributed by atoms with Crippen LogP contribution >= 0.6 is 108 Å². The third-order valence-electron chi connectivity index (χ3n) is 13.5. The lowest BCUT2D eigenvalue weighted by atomic mass is 10.1. The van der Waals surface area contributed by atoms with Gasteiger partial charge in [0.2, 0.25) is 0 Å². The van der Waals surface area contributed by atoms with Crippen LogP contribution in [0, 0.1) is 13.8 Å². The third kappa shape index (κ3) is 88.6. The van der Waals surface area contributed by atoms with Crippen LogP contribution < -0.4 is 54.0 Å². The lowest BCUT2D eigenvalue weighted by Crippen LogP contribution is -2.41. The number of nitrogens with two attached hydrogens (primary N) is 2. The summed E-state index contributed by atoms with van der Waals surface area (Å²) in [6.45, 7) is 33.2. The SMILES string of the molecule is CCOC(=O)CBr.CCOC(=O)CN(CCNC)CCNC.CCOC(=O)CN(CCNC)CCNC.CCOC(=O)CN1CCN(C)Cc2cc(C=O)cc(c2)CN(C)CC1.CNCCNCCNC.Cc1cc(C)cc(C=O)c1.ClC(Cl)(Cl)Cl.F.NCCNCCN.O=Cc1cc(CCl)cc(CCl)c1.[2H]CF.[3HH].[3H]SCl. The molecule has 646 valence electrons. The Bertz CT molecular complexity index is 2560. The molecule has 0 aliphatic carbocycles. The molecule has 37 heteroatoms. The van der Waals surface area contributed by atoms with E-state index in [9.17, 15) is 38.0 Å². The molecule has 110 heavy (non-hydrogen) atoms. The van der Waals surface area contributed by atoms with E-state index in [4.69, 9.17) is 97.8 Å². The number of aryl methyl sites for hydroxylation is 2. The number of benzene rings is 3. The van der Waals surface area contributed by atoms with Gasteiger partial charge in [-0.2, -0.15) is 0 Å². The summed E-state index contributed by atoms with van der Waals surface area (Å²) in [5, 5.41) is 25.0. The zero-order chi connectivity index (χ0) is 85.9. The lowest BCUT2D eigenvalue weighted by molar-refractivity contribution is -0.145. The smallest absolute Gasteiger partial charge is 0.320 e. The van der Waals surface area contributed by atoms with Gasteiger partial charge in [0.15, 0.2) is 0 Å². The van der Waals surface area contributed by atoms with E-state index in [0.29, 0.717) is 93.6 Å². The fourth-order valence-corrected chi connectivity index (χ4v) is 9.15. The van der Waals surface area contributed by atoms with Crippen molar-refractivity contribution in [1.29, 1.82) is 1.12 Å². The van der Waals surface area contributed by atoms with E-state index < -0.39 is 10.4 Å². The third-order valence-corrected chi connectivity index (χ3v) is 14.5. The van der Waals surface area contributed by atoms with Gasteiger partial charge in [-0.25, -0.2) is 0 Å². The number of rotatable bonds is 38. The fourth-order valence-electron chi connectivity index (χ4n) is 8.68. The molecule has 0 saturated heterocycles. The van der Waals surface area contributed by atoms with Crippen molar-refractivity contribution in [2.24, 2.45) is 11.5 Å². The van der Waals surface area contributed by atoms with Gasteiger partial charge in [0.05, 0.1) is 54.6 Å². The number of thiol groups is 1. The van der Waals surface area contributed by atoms with Gasteiger partial charge in [0.25, 0.3) is 3.25 Å². The summed E-state index contributed by atoms with van der Waals surface area (Å²) in [4.78, 5) is 87.2. The first-order valence-electron chi connectivity index (χ1n) is 36.7. The molecule has 3 aromatic rings. The monoisotopic (exact) mass is 1800 g/mol. The Kier molecular flexibility index (Phi) is 97.4. The summed E-state index contributed by atoms with van der Waals surface area (Å²) in [7, 11) is 19.2. The molecule has 26 nitrogen and oxygen atoms in total. The number of likely N-dealkylation sites (N-methyl/N-ethyl adjacent to an activating group) is 8. The Labute approximate surface area is 710 Å². The molecule has 0 saturated carbocycles. The van der Waals surface area contributed by atoms with Crippen LogP contribution in [-0.4, -0.2) is 317 Å². The minimum absolute atomic E-state index is 0. The first-order valence-corrected chi connectivity index (χ1v) is 40.5. The van der Waals surface area contributed by atoms with Crippen LogP contribution in [0.3, 0.4) is 0 Å². The van der Waals surface area contributed by atoms with Crippen molar-refractivity contribution >= 4 is 151 Å². The maximum absolute atomic E-state index is 11.8. The summed E-state index contributed by atoms with van der Waals surface area (Å²) in [6.07, 6.45) is 2.59. The molecule has 3 aromatic carbocycles. The van der Waals surface area contributed by atoms with Crippen LogP contribution in [0.2, 0.25) is 0 Å². The number of halogens is 10. The molecule has 0 unspecified atom stereocenters. The Morgan fingerprint density at radius 3 is 1.16 bits per heavy atom. The zero-order valence-corrected chi connectivity index (χ0v) is 75.1. The van der Waals surface area contributed by atoms with Crippen molar-refractivity contribution in [1.82, 2.24) is 67.0 Å². The molecule has 12 N–H and O–H groups in total. The topological polar surface area (TPSA) is 321 Å². The first kappa shape index (κ1) is 118. The normalized spacial score (nSPS) is 11.8. The number of nitrogens with one attached hydrogen (secondary N) is 8. The Hall–Kier alpha value is -3.33. The van der Waals surface area contributed by atoms with Crippen molar-refractivity contribution in [3.05, 3.63) is 105 Å². The number of nitrogens with zero attached hydrogens (tertiary/aromatic N) is 5. The molecular weight excluding hydrogens is 1660 g/mol. The maximum atomic E-state index is 11.8. The van der Waals surface area contributed by atoms with Gasteiger partial charge in [-0.1, -0.05) is 103 Å². The second-order valence-corrected chi connectivity index (χ2v) is 27.5. The van der Waals surface area contributed by atoms with Crippen molar-refractivity contribution in [3.63, 3.8) is 0 Å². The average Bonchev–Trinajstić information content (AvgIpc) is 0.841. The van der Waals surface area contributed by atoms with Gasteiger partial charge in [0.1, 0.15) is 25.3 Å². The van der Waals surface area contributed by atoms with E-state index in [1.807, 2.05) is 113 Å². The molecule has 0 radical (unpaired) electrons. The summed E-state index contributed by atoms with van der Waals surface area (Å²) in [6, 6.07) is 17.3. The van der Waals surface area contributed by atoms with E-state index >= 15 is 0 Å². The van der Waals surface area contributed by atoms with Crippen LogP contribution in [0.1, 0.15) is 94.9 Å². The predicted molar refractivity (Wildman–Crippen MR) is 466 cm³/mol. The first-order chi connectivity index (χ1) is 53.0. The molecule has 0 atom stereocenters. The molecule has 0 amide bonds. The molecular formula is C73H137BrCl7F2N15O11S. The van der Waals surface area contributed by atoms with Crippen LogP contribution in [0.15, 0.2) is 54.6 Å². The number of esters is 4. The van der Waals surface area contributed by atoms with Crippen molar-refractivity contribution in [2.45, 2.75) is 69.6 Å². The predicted octanol–water partition coefficient (Wildman–Crippen LogP) is 7.97. The van der Waals surface area contributed by atoms with Gasteiger partial charge < -0.3 is 82.7 Å². The summed E-state index contributed by atoms with van der Waals surface area (Å²) in [5.74, 6) is 0.148. The number of hydrogen-bond acceptors (Lipinski definition) is 27. The quantitative estimate of drug-likeness (QED) is 0.00647. The second kappa shape index (κ2) is 91.2. The molecule has 1 aliphatic heterocycles. The van der Waals surface area contributed by atoms with Crippen molar-refractivity contribution in [3.8, 4) is 0 Å². The minimum atomic E-state index is -1.61. The van der Waals surface area contributed by atoms with Crippen molar-refractivity contribution < 1.29 is 64.4 Å². The van der Waals surface area contributed by atoms with Gasteiger partial charge in [-0.15, -0.1) is 23.2 Å². The maximum Gasteiger partial charge on any atom is 0.320 e. The van der Waals surface area contributed by atoms with Gasteiger partial charge in [-0.05, 0) is 167 Å². The zero-order valence-electron chi connectivity index (χ0n) is 69.4. The van der Waals surface area contributed by atoms with Gasteiger partial charge in [-0.3, -0.25) is 57.4 Å². The Morgan fingerprint density at radius 2 is 0.873 bits per heavy atom. The van der Waals surface area contributed by atoms with E-state index in [2.05, 4.69) is 119 Å². The van der Waals surface area contributed by atoms with Crippen molar-refractivity contribution in [2.75, 3.05) is 246 Å². The van der Waals surface area contributed by atoms with Crippen LogP contribution in [-0.2, 0) is 63.0 Å². The molecule has 4 rings (SSSR count). The van der Waals surface area contributed by atoms with Crippen LogP contribution in [0.25, 0.3) is 0 Å². The highest BCUT2D eigenvalue weighted by Gasteiger charge is 2.17. The fraction of sp³-hybridized carbons (Fsp3) is 0.658. The highest BCUT2D eigenvalue weighted by Crippen LogP contribution is 2.30. The average molecular weight is 1800 g/mol. The molecule has 1 heterocycles. The molecule has 0 fully saturated rings. The Balaban J connectivity index is -0.000000158. The number of aldehydes is 3. The largest absolute Gasteiger partial charge is 0.465 e. The second-order valence-electron chi connectivity index (χ2n) is 23.0. The van der Waals surface area contributed by atoms with E-state index in [1.165, 1.54) is 0 Å². The number of ether oxygens (including phenoxy) is 4. The van der Waals surface area contributed by atoms with E-state index in [-0.39, 0.29) is 30.0 Å². The Morgan fingerprint density at radius 1 is 0.564 bits per heavy atom. The molecule has 1 aliphatic rings. The van der Waals surface area contributed by atoms with E-state index in [1.54, 1.807) is 19.1 Å². The molecule has 2 bridgehead atoms. The number of carbonyl (C=O) groups excluding carboxylic acids is 7. The lowest BCUT2D eigenvalue weighted by Gasteiger charge is -2.28. The highest BCUT2D eigenvalue weighted by molar-refractivity contribution is 9.09. The number of alkyl halides is 8. The number of carbonyl (C=O) groups is 7. The van der Waals surface area contributed by atoms with Crippen LogP contribution in [0.4, 0.5) is 9.09 Å². The highest BCUT2D eigenvalue weighted by atomic mass is 79.9. The van der Waals surface area contributed by atoms with Gasteiger partial charge >= 0.3 is 23.9 Å². The van der Waals surface area contributed by atoms with Crippen LogP contribution in [0.5, 0.6) is 0 Å². The number of hydrogen-bond donors (Lipinski definition) is 11. The van der Waals surface area contributed by atoms with Gasteiger partial charge in [0, 0.05) is 174 Å². The standard InChI is InChI=1S/C19H29N3O3.2C10H23N3O2.C9H8Cl2O.C9H10O.C6H17N3.C4H7BrO2.C4H13N3.CCl4.CH3F.ClHS.FH.H2/c1-4-25-19(24)14-22-7-5-20(2)12-16-9-17(11-18(10-16)15-23)13-21(3)6-8-22;2*1-4-15-10(14)9-13(7-5-11-2)8-6-12-3;10-4-7-1-8(5-11)3-9(2-7)6-12;1-7-3-8(2)5-9(4-7)6-10;1-7-3-5-9-6-4-8-2;1-2-7-4(6)3-5;5-1-3-7-4-2-6;2-1(3,4)5;2*1-2;;/h9-11,15H,4-8,12-14H2,1-3H3;2*11-12H,4-9H2,1-3H3;1-3,6H,4-5H2;3-6H,1-2H3;7-9H,3-6H2,1-2H3;2-3H2,1H3;7H,1-6H2;;1H3;2H;2*1H/i;;;;;;;;;1D;2T;;1+2. The van der Waals surface area contributed by atoms with E-state index in [0.717, 1.165) is 194 Å². The molecule has 0 aromatic heterocycles. The summed E-state index contributed by atoms with van der Waals surface area (Å²) < 4.78 is 39.2.